The van der Waals surface area contributed by atoms with Gasteiger partial charge in [-0.25, -0.2) is 14.4 Å². The monoisotopic (exact) mass is 440 g/mol. The summed E-state index contributed by atoms with van der Waals surface area (Å²) in [6, 6.07) is 15.6. The van der Waals surface area contributed by atoms with E-state index in [1.165, 1.54) is 6.07 Å². The van der Waals surface area contributed by atoms with Gasteiger partial charge in [-0.3, -0.25) is 4.79 Å². The first-order valence-corrected chi connectivity index (χ1v) is 10.5. The van der Waals surface area contributed by atoms with Crippen LogP contribution in [-0.4, -0.2) is 15.9 Å². The summed E-state index contributed by atoms with van der Waals surface area (Å²) in [5.74, 6) is 0.0934. The van der Waals surface area contributed by atoms with Gasteiger partial charge in [-0.15, -0.1) is 11.3 Å². The molecule has 0 aliphatic carbocycles. The van der Waals surface area contributed by atoms with Crippen LogP contribution in [0.3, 0.4) is 0 Å². The molecular formula is C22H18ClFN4OS. The van der Waals surface area contributed by atoms with Crippen LogP contribution in [-0.2, 0) is 13.1 Å². The van der Waals surface area contributed by atoms with Crippen LogP contribution in [0.2, 0.25) is 5.28 Å². The van der Waals surface area contributed by atoms with E-state index in [0.29, 0.717) is 23.5 Å². The second-order valence-electron chi connectivity index (χ2n) is 6.74. The molecule has 5 nitrogen and oxygen atoms in total. The molecule has 152 valence electrons. The van der Waals surface area contributed by atoms with Crippen molar-refractivity contribution in [2.45, 2.75) is 20.0 Å². The van der Waals surface area contributed by atoms with Crippen LogP contribution >= 0.6 is 22.9 Å². The van der Waals surface area contributed by atoms with E-state index in [-0.39, 0.29) is 23.6 Å². The second kappa shape index (κ2) is 8.77. The zero-order valence-corrected chi connectivity index (χ0v) is 17.6. The van der Waals surface area contributed by atoms with Crippen LogP contribution in [0, 0.1) is 12.7 Å². The number of carbonyl (C=O) groups is 1. The molecule has 0 unspecified atom stereocenters. The highest BCUT2D eigenvalue weighted by atomic mass is 35.5. The number of fused-ring (bicyclic) bond motifs is 1. The minimum atomic E-state index is -0.334. The van der Waals surface area contributed by atoms with Crippen molar-refractivity contribution in [3.63, 3.8) is 0 Å². The first kappa shape index (κ1) is 20.3. The average Bonchev–Trinajstić information content (AvgIpc) is 3.11. The van der Waals surface area contributed by atoms with Gasteiger partial charge in [0, 0.05) is 29.1 Å². The Morgan fingerprint density at radius 1 is 1.10 bits per heavy atom. The number of carbonyl (C=O) groups excluding carboxylic acids is 1. The number of anilines is 1. The fourth-order valence-electron chi connectivity index (χ4n) is 3.03. The number of amides is 1. The summed E-state index contributed by atoms with van der Waals surface area (Å²) in [5, 5.41) is 7.16. The number of hydrogen-bond donors (Lipinski definition) is 2. The number of nitrogens with one attached hydrogen (secondary N) is 2. The molecule has 2 aromatic heterocycles. The maximum absolute atomic E-state index is 13.7. The summed E-state index contributed by atoms with van der Waals surface area (Å²) in [6.07, 6.45) is 0. The number of nitrogens with zero attached hydrogens (tertiary/aromatic N) is 2. The summed E-state index contributed by atoms with van der Waals surface area (Å²) in [6.45, 7) is 2.67. The van der Waals surface area contributed by atoms with Crippen molar-refractivity contribution >= 4 is 44.9 Å². The Kier molecular flexibility index (Phi) is 5.92. The standard InChI is InChI=1S/C22H18ClFN4OS/c1-13-10-17-19(27-22(23)28-21(17)30-13)25-11-14-6-8-15(9-7-14)20(29)26-12-16-4-2-3-5-18(16)24/h2-10H,11-12H2,1H3,(H,26,29)(H,25,27,28). The third kappa shape index (κ3) is 4.58. The van der Waals surface area contributed by atoms with E-state index in [2.05, 4.69) is 20.6 Å². The smallest absolute Gasteiger partial charge is 0.251 e. The normalized spacial score (nSPS) is 10.9. The number of aryl methyl sites for hydroxylation is 1. The van der Waals surface area contributed by atoms with Gasteiger partial charge in [0.2, 0.25) is 5.28 Å². The number of halogens is 2. The number of aromatic nitrogens is 2. The van der Waals surface area contributed by atoms with Gasteiger partial charge in [0.05, 0.1) is 5.39 Å². The Morgan fingerprint density at radius 3 is 2.63 bits per heavy atom. The molecule has 0 atom stereocenters. The molecule has 4 aromatic rings. The van der Waals surface area contributed by atoms with Crippen molar-refractivity contribution in [1.82, 2.24) is 15.3 Å². The van der Waals surface area contributed by atoms with Crippen LogP contribution in [0.1, 0.15) is 26.4 Å². The summed E-state index contributed by atoms with van der Waals surface area (Å²) in [4.78, 5) is 22.8. The lowest BCUT2D eigenvalue weighted by Crippen LogP contribution is -2.23. The number of rotatable bonds is 6. The average molecular weight is 441 g/mol. The minimum Gasteiger partial charge on any atom is -0.365 e. The maximum Gasteiger partial charge on any atom is 0.251 e. The molecular weight excluding hydrogens is 423 g/mol. The van der Waals surface area contributed by atoms with Crippen molar-refractivity contribution in [1.29, 1.82) is 0 Å². The molecule has 2 N–H and O–H groups in total. The highest BCUT2D eigenvalue weighted by Gasteiger charge is 2.10. The summed E-state index contributed by atoms with van der Waals surface area (Å²) in [5.41, 5.74) is 1.94. The molecule has 0 aliphatic heterocycles. The van der Waals surface area contributed by atoms with Gasteiger partial charge in [0.25, 0.3) is 5.91 Å². The minimum absolute atomic E-state index is 0.138. The summed E-state index contributed by atoms with van der Waals surface area (Å²) < 4.78 is 13.7. The van der Waals surface area contributed by atoms with Gasteiger partial charge in [-0.2, -0.15) is 0 Å². The van der Waals surface area contributed by atoms with Gasteiger partial charge < -0.3 is 10.6 Å². The Labute approximate surface area is 181 Å². The molecule has 0 aliphatic rings. The maximum atomic E-state index is 13.7. The predicted molar refractivity (Wildman–Crippen MR) is 119 cm³/mol. The molecule has 2 aromatic carbocycles. The van der Waals surface area contributed by atoms with Gasteiger partial charge in [0.15, 0.2) is 0 Å². The lowest BCUT2D eigenvalue weighted by molar-refractivity contribution is 0.0950. The second-order valence-corrected chi connectivity index (χ2v) is 8.31. The van der Waals surface area contributed by atoms with Crippen LogP contribution in [0.25, 0.3) is 10.2 Å². The Bertz CT molecular complexity index is 1210. The van der Waals surface area contributed by atoms with Crippen molar-refractivity contribution < 1.29 is 9.18 Å². The molecule has 1 amide bonds. The van der Waals surface area contributed by atoms with E-state index in [9.17, 15) is 9.18 Å². The summed E-state index contributed by atoms with van der Waals surface area (Å²) >= 11 is 7.60. The van der Waals surface area contributed by atoms with E-state index in [0.717, 1.165) is 20.7 Å². The molecule has 0 fully saturated rings. The number of hydrogen-bond acceptors (Lipinski definition) is 5. The zero-order chi connectivity index (χ0) is 21.1. The molecule has 30 heavy (non-hydrogen) atoms. The molecule has 4 rings (SSSR count). The topological polar surface area (TPSA) is 66.9 Å². The molecule has 0 spiro atoms. The molecule has 0 saturated heterocycles. The Morgan fingerprint density at radius 2 is 1.87 bits per heavy atom. The Hall–Kier alpha value is -3.03. The van der Waals surface area contributed by atoms with Gasteiger partial charge in [-0.1, -0.05) is 30.3 Å². The summed E-state index contributed by atoms with van der Waals surface area (Å²) in [7, 11) is 0. The molecule has 2 heterocycles. The first-order chi connectivity index (χ1) is 14.5. The molecule has 0 saturated carbocycles. The number of benzene rings is 2. The zero-order valence-electron chi connectivity index (χ0n) is 16.1. The molecule has 0 bridgehead atoms. The van der Waals surface area contributed by atoms with Crippen LogP contribution in [0.15, 0.2) is 54.6 Å². The van der Waals surface area contributed by atoms with Crippen LogP contribution in [0.5, 0.6) is 0 Å². The van der Waals surface area contributed by atoms with E-state index in [1.54, 1.807) is 41.7 Å². The molecule has 0 radical (unpaired) electrons. The van der Waals surface area contributed by atoms with Crippen molar-refractivity contribution in [3.05, 3.63) is 87.3 Å². The van der Waals surface area contributed by atoms with Gasteiger partial charge >= 0.3 is 0 Å². The quantitative estimate of drug-likeness (QED) is 0.397. The van der Waals surface area contributed by atoms with E-state index in [1.807, 2.05) is 25.1 Å². The van der Waals surface area contributed by atoms with Gasteiger partial charge in [0.1, 0.15) is 16.5 Å². The fraction of sp³-hybridized carbons (Fsp3) is 0.136. The fourth-order valence-corrected chi connectivity index (χ4v) is 4.13. The molecule has 8 heteroatoms. The predicted octanol–water partition coefficient (Wildman–Crippen LogP) is 5.33. The SMILES string of the molecule is Cc1cc2c(NCc3ccc(C(=O)NCc4ccccc4F)cc3)nc(Cl)nc2s1. The third-order valence-corrected chi connectivity index (χ3v) is 5.68. The lowest BCUT2D eigenvalue weighted by Gasteiger charge is -2.09. The van der Waals surface area contributed by atoms with E-state index >= 15 is 0 Å². The van der Waals surface area contributed by atoms with E-state index in [4.69, 9.17) is 11.6 Å². The largest absolute Gasteiger partial charge is 0.365 e. The van der Waals surface area contributed by atoms with Crippen molar-refractivity contribution in [2.75, 3.05) is 5.32 Å². The van der Waals surface area contributed by atoms with E-state index < -0.39 is 0 Å². The number of thiophene rings is 1. The van der Waals surface area contributed by atoms with Crippen molar-refractivity contribution in [2.24, 2.45) is 0 Å². The highest BCUT2D eigenvalue weighted by molar-refractivity contribution is 7.18. The van der Waals surface area contributed by atoms with Crippen LogP contribution < -0.4 is 10.6 Å². The Balaban J connectivity index is 1.39. The van der Waals surface area contributed by atoms with Crippen molar-refractivity contribution in [3.8, 4) is 0 Å². The third-order valence-electron chi connectivity index (χ3n) is 4.56. The lowest BCUT2D eigenvalue weighted by atomic mass is 10.1. The highest BCUT2D eigenvalue weighted by Crippen LogP contribution is 2.29. The van der Waals surface area contributed by atoms with Crippen LogP contribution in [0.4, 0.5) is 10.2 Å². The van der Waals surface area contributed by atoms with Gasteiger partial charge in [-0.05, 0) is 48.4 Å². The first-order valence-electron chi connectivity index (χ1n) is 9.28.